The summed E-state index contributed by atoms with van der Waals surface area (Å²) < 4.78 is 0. The van der Waals surface area contributed by atoms with Crippen LogP contribution < -0.4 is 0 Å². The van der Waals surface area contributed by atoms with Crippen LogP contribution >= 0.6 is 0 Å². The molecule has 0 unspecified atom stereocenters. The minimum Gasteiger partial charge on any atom is -0.343 e. The van der Waals surface area contributed by atoms with Gasteiger partial charge in [-0.05, 0) is 26.9 Å². The van der Waals surface area contributed by atoms with Gasteiger partial charge in [0, 0.05) is 26.1 Å². The van der Waals surface area contributed by atoms with E-state index in [-0.39, 0.29) is 5.91 Å². The Morgan fingerprint density at radius 1 is 1.00 bits per heavy atom. The van der Waals surface area contributed by atoms with Gasteiger partial charge >= 0.3 is 0 Å². The Kier molecular flexibility index (Phi) is 11.8. The van der Waals surface area contributed by atoms with Crippen molar-refractivity contribution < 1.29 is 4.79 Å². The van der Waals surface area contributed by atoms with Gasteiger partial charge < -0.3 is 9.80 Å². The molecule has 0 atom stereocenters. The second-order valence-electron chi connectivity index (χ2n) is 6.12. The Morgan fingerprint density at radius 3 is 1.75 bits per heavy atom. The third-order valence-electron chi connectivity index (χ3n) is 4.10. The highest BCUT2D eigenvalue weighted by atomic mass is 16.2. The first-order chi connectivity index (χ1) is 9.52. The third-order valence-corrected chi connectivity index (χ3v) is 4.10. The van der Waals surface area contributed by atoms with Crippen molar-refractivity contribution in [1.29, 1.82) is 0 Å². The van der Waals surface area contributed by atoms with E-state index < -0.39 is 0 Å². The Balaban J connectivity index is 0.000000396. The molecule has 0 aromatic carbocycles. The SMILES string of the molecule is CC(=O)N1CCC(N(C)C)CC1.CCCCCCCC. The average molecular weight is 284 g/mol. The van der Waals surface area contributed by atoms with E-state index >= 15 is 0 Å². The molecule has 0 aromatic heterocycles. The lowest BCUT2D eigenvalue weighted by Crippen LogP contribution is -2.43. The van der Waals surface area contributed by atoms with E-state index in [1.54, 1.807) is 6.92 Å². The lowest BCUT2D eigenvalue weighted by atomic mass is 10.0. The second kappa shape index (κ2) is 12.2. The zero-order valence-electron chi connectivity index (χ0n) is 14.5. The Hall–Kier alpha value is -0.570. The van der Waals surface area contributed by atoms with Gasteiger partial charge in [0.05, 0.1) is 0 Å². The molecule has 1 amide bonds. The van der Waals surface area contributed by atoms with Gasteiger partial charge in [0.1, 0.15) is 0 Å². The highest BCUT2D eigenvalue weighted by Gasteiger charge is 2.21. The van der Waals surface area contributed by atoms with Crippen LogP contribution in [0.3, 0.4) is 0 Å². The predicted molar refractivity (Wildman–Crippen MR) is 88.0 cm³/mol. The number of unbranched alkanes of at least 4 members (excludes halogenated alkanes) is 5. The lowest BCUT2D eigenvalue weighted by Gasteiger charge is -2.34. The van der Waals surface area contributed by atoms with Crippen molar-refractivity contribution in [2.75, 3.05) is 27.2 Å². The number of rotatable bonds is 6. The molecule has 0 aromatic rings. The van der Waals surface area contributed by atoms with Crippen LogP contribution in [0.1, 0.15) is 72.1 Å². The third kappa shape index (κ3) is 9.35. The zero-order chi connectivity index (χ0) is 15.4. The molecule has 0 spiro atoms. The predicted octanol–water partition coefficient (Wildman–Crippen LogP) is 3.93. The molecule has 3 nitrogen and oxygen atoms in total. The van der Waals surface area contributed by atoms with E-state index in [0.29, 0.717) is 6.04 Å². The standard InChI is InChI=1S/C9H18N2O.C8H18/c1-8(12)11-6-4-9(5-7-11)10(2)3;1-3-5-7-8-6-4-2/h9H,4-7H2,1-3H3;3-8H2,1-2H3. The summed E-state index contributed by atoms with van der Waals surface area (Å²) >= 11 is 0. The molecule has 3 heteroatoms. The molecule has 1 aliphatic heterocycles. The molecule has 0 aliphatic carbocycles. The highest BCUT2D eigenvalue weighted by Crippen LogP contribution is 2.13. The van der Waals surface area contributed by atoms with E-state index in [1.165, 1.54) is 38.5 Å². The van der Waals surface area contributed by atoms with E-state index in [1.807, 2.05) is 4.90 Å². The first-order valence-electron chi connectivity index (χ1n) is 8.44. The Bertz CT molecular complexity index is 227. The molecule has 0 radical (unpaired) electrons. The number of carbonyl (C=O) groups is 1. The van der Waals surface area contributed by atoms with Gasteiger partial charge in [-0.25, -0.2) is 0 Å². The smallest absolute Gasteiger partial charge is 0.219 e. The molecular formula is C17H36N2O. The average Bonchev–Trinajstić information content (AvgIpc) is 2.44. The fourth-order valence-electron chi connectivity index (χ4n) is 2.55. The Labute approximate surface area is 126 Å². The van der Waals surface area contributed by atoms with Crippen LogP contribution in [-0.4, -0.2) is 48.9 Å². The normalized spacial score (nSPS) is 16.0. The number of hydrogen-bond acceptors (Lipinski definition) is 2. The summed E-state index contributed by atoms with van der Waals surface area (Å²) in [6.45, 7) is 8.02. The fraction of sp³-hybridized carbons (Fsp3) is 0.941. The van der Waals surface area contributed by atoms with Crippen molar-refractivity contribution in [3.05, 3.63) is 0 Å². The van der Waals surface area contributed by atoms with Crippen molar-refractivity contribution in [3.8, 4) is 0 Å². The number of likely N-dealkylation sites (tertiary alicyclic amines) is 1. The quantitative estimate of drug-likeness (QED) is 0.690. The zero-order valence-corrected chi connectivity index (χ0v) is 14.5. The van der Waals surface area contributed by atoms with Crippen molar-refractivity contribution in [2.45, 2.75) is 78.2 Å². The van der Waals surface area contributed by atoms with Gasteiger partial charge in [0.15, 0.2) is 0 Å². The lowest BCUT2D eigenvalue weighted by molar-refractivity contribution is -0.130. The minimum absolute atomic E-state index is 0.215. The molecule has 0 N–H and O–H groups in total. The molecule has 0 saturated carbocycles. The van der Waals surface area contributed by atoms with Gasteiger partial charge in [0.2, 0.25) is 5.91 Å². The molecular weight excluding hydrogens is 248 g/mol. The largest absolute Gasteiger partial charge is 0.343 e. The van der Waals surface area contributed by atoms with Crippen molar-refractivity contribution in [1.82, 2.24) is 9.80 Å². The molecule has 0 bridgehead atoms. The van der Waals surface area contributed by atoms with Gasteiger partial charge in [-0.1, -0.05) is 52.4 Å². The topological polar surface area (TPSA) is 23.6 Å². The van der Waals surface area contributed by atoms with Gasteiger partial charge in [-0.15, -0.1) is 0 Å². The van der Waals surface area contributed by atoms with Crippen LogP contribution in [0.25, 0.3) is 0 Å². The van der Waals surface area contributed by atoms with E-state index in [0.717, 1.165) is 25.9 Å². The van der Waals surface area contributed by atoms with E-state index in [4.69, 9.17) is 0 Å². The Morgan fingerprint density at radius 2 is 1.45 bits per heavy atom. The summed E-state index contributed by atoms with van der Waals surface area (Å²) in [4.78, 5) is 15.2. The van der Waals surface area contributed by atoms with Crippen LogP contribution in [0.4, 0.5) is 0 Å². The van der Waals surface area contributed by atoms with Crippen LogP contribution in [0.15, 0.2) is 0 Å². The summed E-state index contributed by atoms with van der Waals surface area (Å²) in [6, 6.07) is 0.667. The highest BCUT2D eigenvalue weighted by molar-refractivity contribution is 5.73. The summed E-state index contributed by atoms with van der Waals surface area (Å²) in [7, 11) is 4.21. The fourth-order valence-corrected chi connectivity index (χ4v) is 2.55. The number of hydrogen-bond donors (Lipinski definition) is 0. The van der Waals surface area contributed by atoms with Crippen molar-refractivity contribution >= 4 is 5.91 Å². The maximum Gasteiger partial charge on any atom is 0.219 e. The molecule has 1 aliphatic rings. The first-order valence-corrected chi connectivity index (χ1v) is 8.44. The number of carbonyl (C=O) groups excluding carboxylic acids is 1. The van der Waals surface area contributed by atoms with Crippen LogP contribution in [0.5, 0.6) is 0 Å². The number of amides is 1. The molecule has 120 valence electrons. The van der Waals surface area contributed by atoms with Gasteiger partial charge in [0.25, 0.3) is 0 Å². The number of nitrogens with zero attached hydrogens (tertiary/aromatic N) is 2. The van der Waals surface area contributed by atoms with Crippen LogP contribution in [0, 0.1) is 0 Å². The summed E-state index contributed by atoms with van der Waals surface area (Å²) in [5.41, 5.74) is 0. The maximum absolute atomic E-state index is 11.0. The van der Waals surface area contributed by atoms with Crippen molar-refractivity contribution in [3.63, 3.8) is 0 Å². The van der Waals surface area contributed by atoms with Crippen molar-refractivity contribution in [2.24, 2.45) is 0 Å². The maximum atomic E-state index is 11.0. The summed E-state index contributed by atoms with van der Waals surface area (Å²) in [5.74, 6) is 0.215. The number of piperidine rings is 1. The van der Waals surface area contributed by atoms with Gasteiger partial charge in [-0.2, -0.15) is 0 Å². The first kappa shape index (κ1) is 19.4. The molecule has 20 heavy (non-hydrogen) atoms. The minimum atomic E-state index is 0.215. The summed E-state index contributed by atoms with van der Waals surface area (Å²) in [6.07, 6.45) is 10.7. The van der Waals surface area contributed by atoms with Crippen LogP contribution in [0.2, 0.25) is 0 Å². The van der Waals surface area contributed by atoms with Gasteiger partial charge in [-0.3, -0.25) is 4.79 Å². The molecule has 1 saturated heterocycles. The summed E-state index contributed by atoms with van der Waals surface area (Å²) in [5, 5.41) is 0. The van der Waals surface area contributed by atoms with Crippen LogP contribution in [-0.2, 0) is 4.79 Å². The van der Waals surface area contributed by atoms with E-state index in [2.05, 4.69) is 32.8 Å². The van der Waals surface area contributed by atoms with E-state index in [9.17, 15) is 4.79 Å². The molecule has 1 heterocycles. The molecule has 1 fully saturated rings. The monoisotopic (exact) mass is 284 g/mol. The second-order valence-corrected chi connectivity index (χ2v) is 6.12. The molecule has 1 rings (SSSR count).